The second kappa shape index (κ2) is 6.88. The average Bonchev–Trinajstić information content (AvgIpc) is 2.75. The van der Waals surface area contributed by atoms with E-state index in [2.05, 4.69) is 28.7 Å². The lowest BCUT2D eigenvalue weighted by atomic mass is 9.93. The molecule has 20 heavy (non-hydrogen) atoms. The van der Waals surface area contributed by atoms with E-state index >= 15 is 0 Å². The van der Waals surface area contributed by atoms with Crippen molar-refractivity contribution < 1.29 is 9.53 Å². The molecule has 0 aliphatic carbocycles. The van der Waals surface area contributed by atoms with Gasteiger partial charge in [-0.2, -0.15) is 0 Å². The largest absolute Gasteiger partial charge is 0.468 e. The Kier molecular flexibility index (Phi) is 5.74. The zero-order valence-electron chi connectivity index (χ0n) is 13.5. The number of ether oxygens (including phenoxy) is 1. The molecule has 0 aliphatic rings. The highest BCUT2D eigenvalue weighted by molar-refractivity contribution is 5.80. The zero-order valence-corrected chi connectivity index (χ0v) is 13.5. The van der Waals surface area contributed by atoms with E-state index in [0.29, 0.717) is 6.42 Å². The molecule has 2 unspecified atom stereocenters. The lowest BCUT2D eigenvalue weighted by molar-refractivity contribution is -0.148. The molecule has 1 heterocycles. The Bertz CT molecular complexity index is 456. The molecule has 0 saturated carbocycles. The minimum absolute atomic E-state index is 0.171. The summed E-state index contributed by atoms with van der Waals surface area (Å²) in [6.45, 7) is 10.9. The molecule has 0 bridgehead atoms. The van der Waals surface area contributed by atoms with Gasteiger partial charge in [-0.3, -0.25) is 4.79 Å². The number of nitrogens with one attached hydrogen (secondary N) is 1. The molecule has 0 amide bonds. The zero-order chi connectivity index (χ0) is 15.3. The maximum Gasteiger partial charge on any atom is 0.325 e. The van der Waals surface area contributed by atoms with E-state index in [1.54, 1.807) is 0 Å². The van der Waals surface area contributed by atoms with Gasteiger partial charge in [-0.25, -0.2) is 4.98 Å². The molecule has 5 heteroatoms. The van der Waals surface area contributed by atoms with E-state index in [9.17, 15) is 4.79 Å². The standard InChI is InChI=1S/C15H27N3O2/c1-7-8-17-15(5,14(19)20-6)9-11(2)18-10-16-12(3)13(18)4/h10-11,17H,7-9H2,1-6H3. The third-order valence-electron chi connectivity index (χ3n) is 3.87. The Hall–Kier alpha value is -1.36. The Labute approximate surface area is 121 Å². The summed E-state index contributed by atoms with van der Waals surface area (Å²) in [5.41, 5.74) is 1.49. The van der Waals surface area contributed by atoms with Gasteiger partial charge in [0.15, 0.2) is 0 Å². The number of esters is 1. The Morgan fingerprint density at radius 1 is 1.55 bits per heavy atom. The Morgan fingerprint density at radius 2 is 2.20 bits per heavy atom. The number of carbonyl (C=O) groups is 1. The van der Waals surface area contributed by atoms with Crippen LogP contribution >= 0.6 is 0 Å². The van der Waals surface area contributed by atoms with Crippen LogP contribution in [0.1, 0.15) is 51.0 Å². The highest BCUT2D eigenvalue weighted by Crippen LogP contribution is 2.24. The first-order chi connectivity index (χ1) is 9.35. The third-order valence-corrected chi connectivity index (χ3v) is 3.87. The van der Waals surface area contributed by atoms with Crippen LogP contribution in [0.25, 0.3) is 0 Å². The van der Waals surface area contributed by atoms with Crippen LogP contribution in [0, 0.1) is 13.8 Å². The van der Waals surface area contributed by atoms with Crippen molar-refractivity contribution in [2.24, 2.45) is 0 Å². The van der Waals surface area contributed by atoms with Gasteiger partial charge in [-0.05, 0) is 47.1 Å². The van der Waals surface area contributed by atoms with E-state index in [-0.39, 0.29) is 12.0 Å². The maximum atomic E-state index is 12.1. The maximum absolute atomic E-state index is 12.1. The molecule has 0 saturated heterocycles. The van der Waals surface area contributed by atoms with E-state index in [0.717, 1.165) is 24.4 Å². The molecule has 5 nitrogen and oxygen atoms in total. The van der Waals surface area contributed by atoms with Gasteiger partial charge < -0.3 is 14.6 Å². The Balaban J connectivity index is 2.89. The van der Waals surface area contributed by atoms with E-state index in [1.807, 2.05) is 27.1 Å². The predicted octanol–water partition coefficient (Wildman–Crippen LogP) is 2.38. The molecule has 1 rings (SSSR count). The highest BCUT2D eigenvalue weighted by atomic mass is 16.5. The number of hydrogen-bond donors (Lipinski definition) is 1. The van der Waals surface area contributed by atoms with Crippen LogP contribution in [0.4, 0.5) is 0 Å². The lowest BCUT2D eigenvalue weighted by Crippen LogP contribution is -2.51. The molecule has 114 valence electrons. The molecule has 1 aromatic rings. The highest BCUT2D eigenvalue weighted by Gasteiger charge is 2.35. The molecule has 2 atom stereocenters. The van der Waals surface area contributed by atoms with Crippen LogP contribution in [0.15, 0.2) is 6.33 Å². The molecule has 0 spiro atoms. The quantitative estimate of drug-likeness (QED) is 0.780. The molecule has 0 aromatic carbocycles. The first-order valence-corrected chi connectivity index (χ1v) is 7.19. The number of hydrogen-bond acceptors (Lipinski definition) is 4. The lowest BCUT2D eigenvalue weighted by Gasteiger charge is -2.31. The average molecular weight is 281 g/mol. The number of nitrogens with zero attached hydrogens (tertiary/aromatic N) is 2. The molecule has 0 aliphatic heterocycles. The van der Waals surface area contributed by atoms with Crippen LogP contribution in [-0.2, 0) is 9.53 Å². The van der Waals surface area contributed by atoms with Crippen LogP contribution in [-0.4, -0.2) is 34.7 Å². The SMILES string of the molecule is CCCNC(C)(CC(C)n1cnc(C)c1C)C(=O)OC. The van der Waals surface area contributed by atoms with E-state index < -0.39 is 5.54 Å². The minimum atomic E-state index is -0.672. The fourth-order valence-electron chi connectivity index (χ4n) is 2.50. The van der Waals surface area contributed by atoms with Gasteiger partial charge in [-0.15, -0.1) is 0 Å². The first-order valence-electron chi connectivity index (χ1n) is 7.19. The van der Waals surface area contributed by atoms with Gasteiger partial charge in [0.25, 0.3) is 0 Å². The van der Waals surface area contributed by atoms with Crippen molar-refractivity contribution in [3.63, 3.8) is 0 Å². The molecule has 0 fully saturated rings. The van der Waals surface area contributed by atoms with Crippen molar-refractivity contribution in [2.75, 3.05) is 13.7 Å². The third kappa shape index (κ3) is 3.60. The van der Waals surface area contributed by atoms with Crippen LogP contribution in [0.3, 0.4) is 0 Å². The van der Waals surface area contributed by atoms with Gasteiger partial charge in [-0.1, -0.05) is 6.92 Å². The van der Waals surface area contributed by atoms with Crippen molar-refractivity contribution in [3.05, 3.63) is 17.7 Å². The Morgan fingerprint density at radius 3 is 2.65 bits per heavy atom. The number of methoxy groups -OCH3 is 1. The summed E-state index contributed by atoms with van der Waals surface area (Å²) in [7, 11) is 1.44. The van der Waals surface area contributed by atoms with Crippen molar-refractivity contribution in [3.8, 4) is 0 Å². The minimum Gasteiger partial charge on any atom is -0.468 e. The number of rotatable bonds is 7. The molecular weight excluding hydrogens is 254 g/mol. The summed E-state index contributed by atoms with van der Waals surface area (Å²) in [6, 6.07) is 0.171. The van der Waals surface area contributed by atoms with E-state index in [1.165, 1.54) is 7.11 Å². The van der Waals surface area contributed by atoms with Crippen molar-refractivity contribution in [1.29, 1.82) is 0 Å². The summed E-state index contributed by atoms with van der Waals surface area (Å²) in [4.78, 5) is 16.4. The predicted molar refractivity (Wildman–Crippen MR) is 79.7 cm³/mol. The number of imidazole rings is 1. The van der Waals surface area contributed by atoms with Crippen molar-refractivity contribution >= 4 is 5.97 Å². The first kappa shape index (κ1) is 16.7. The number of aryl methyl sites for hydroxylation is 1. The van der Waals surface area contributed by atoms with Gasteiger partial charge in [0.05, 0.1) is 19.1 Å². The topological polar surface area (TPSA) is 56.2 Å². The van der Waals surface area contributed by atoms with Crippen molar-refractivity contribution in [2.45, 2.75) is 59.0 Å². The van der Waals surface area contributed by atoms with Gasteiger partial charge in [0.2, 0.25) is 0 Å². The summed E-state index contributed by atoms with van der Waals surface area (Å²) in [5.74, 6) is -0.215. The van der Waals surface area contributed by atoms with Crippen LogP contribution < -0.4 is 5.32 Å². The van der Waals surface area contributed by atoms with Gasteiger partial charge in [0.1, 0.15) is 5.54 Å². The number of aromatic nitrogens is 2. The van der Waals surface area contributed by atoms with Crippen LogP contribution in [0.5, 0.6) is 0 Å². The smallest absolute Gasteiger partial charge is 0.325 e. The fourth-order valence-corrected chi connectivity index (χ4v) is 2.50. The van der Waals surface area contributed by atoms with Gasteiger partial charge in [0, 0.05) is 11.7 Å². The number of carbonyl (C=O) groups excluding carboxylic acids is 1. The van der Waals surface area contributed by atoms with Crippen molar-refractivity contribution in [1.82, 2.24) is 14.9 Å². The normalized spacial score (nSPS) is 15.7. The van der Waals surface area contributed by atoms with Gasteiger partial charge >= 0.3 is 5.97 Å². The van der Waals surface area contributed by atoms with Crippen LogP contribution in [0.2, 0.25) is 0 Å². The fraction of sp³-hybridized carbons (Fsp3) is 0.733. The summed E-state index contributed by atoms with van der Waals surface area (Å²) in [6.07, 6.45) is 3.48. The monoisotopic (exact) mass is 281 g/mol. The second-order valence-corrected chi connectivity index (χ2v) is 5.63. The summed E-state index contributed by atoms with van der Waals surface area (Å²) >= 11 is 0. The molecule has 1 aromatic heterocycles. The molecule has 0 radical (unpaired) electrons. The second-order valence-electron chi connectivity index (χ2n) is 5.63. The summed E-state index contributed by atoms with van der Waals surface area (Å²) in [5, 5.41) is 3.32. The van der Waals surface area contributed by atoms with E-state index in [4.69, 9.17) is 4.74 Å². The molecule has 1 N–H and O–H groups in total. The molecular formula is C15H27N3O2. The summed E-state index contributed by atoms with van der Waals surface area (Å²) < 4.78 is 7.07.